The van der Waals surface area contributed by atoms with Gasteiger partial charge in [0, 0.05) is 19.0 Å². The highest BCUT2D eigenvalue weighted by molar-refractivity contribution is 7.99. The molecule has 2 aromatic carbocycles. The summed E-state index contributed by atoms with van der Waals surface area (Å²) in [6, 6.07) is 11.7. The maximum atomic E-state index is 13.5. The number of carboxylic acid groups (broad SMARTS) is 1. The second-order valence-corrected chi connectivity index (χ2v) is 9.38. The molecule has 35 heavy (non-hydrogen) atoms. The van der Waals surface area contributed by atoms with E-state index in [0.717, 1.165) is 18.2 Å². The fourth-order valence-electron chi connectivity index (χ4n) is 4.23. The molecule has 0 radical (unpaired) electrons. The maximum absolute atomic E-state index is 13.5. The van der Waals surface area contributed by atoms with E-state index in [1.54, 1.807) is 27.8 Å². The molecule has 2 heterocycles. The van der Waals surface area contributed by atoms with Crippen molar-refractivity contribution in [1.29, 1.82) is 0 Å². The van der Waals surface area contributed by atoms with Crippen LogP contribution in [-0.2, 0) is 6.18 Å². The Morgan fingerprint density at radius 1 is 1.14 bits per heavy atom. The van der Waals surface area contributed by atoms with Crippen LogP contribution in [-0.4, -0.2) is 50.5 Å². The van der Waals surface area contributed by atoms with E-state index in [1.807, 2.05) is 6.92 Å². The minimum Gasteiger partial charge on any atom is -0.478 e. The summed E-state index contributed by atoms with van der Waals surface area (Å²) in [5.74, 6) is -0.976. The minimum absolute atomic E-state index is 0.141. The number of aromatic nitrogens is 2. The Hall–Kier alpha value is -3.27. The smallest absolute Gasteiger partial charge is 0.416 e. The molecule has 1 amide bonds. The normalized spacial score (nSPS) is 16.0. The highest BCUT2D eigenvalue weighted by atomic mass is 32.2. The maximum Gasteiger partial charge on any atom is 0.416 e. The summed E-state index contributed by atoms with van der Waals surface area (Å²) in [6.07, 6.45) is -1.67. The number of hydrogen-bond donors (Lipinski definition) is 1. The Balaban J connectivity index is 1.60. The number of carbonyl (C=O) groups is 2. The van der Waals surface area contributed by atoms with Gasteiger partial charge in [-0.05, 0) is 54.5 Å². The van der Waals surface area contributed by atoms with Crippen molar-refractivity contribution in [3.63, 3.8) is 0 Å². The van der Waals surface area contributed by atoms with Gasteiger partial charge in [0.2, 0.25) is 0 Å². The molecule has 0 aliphatic carbocycles. The largest absolute Gasteiger partial charge is 0.478 e. The predicted molar refractivity (Wildman–Crippen MR) is 126 cm³/mol. The van der Waals surface area contributed by atoms with Crippen molar-refractivity contribution in [1.82, 2.24) is 14.7 Å². The van der Waals surface area contributed by atoms with Crippen molar-refractivity contribution in [2.24, 2.45) is 0 Å². The zero-order chi connectivity index (χ0) is 25.2. The lowest BCUT2D eigenvalue weighted by Gasteiger charge is -2.19. The van der Waals surface area contributed by atoms with Crippen molar-refractivity contribution >= 4 is 23.6 Å². The standard InChI is InChI=1S/C25H24F3N3O3S/c1-2-13-35-23-20(14-29-31(23)18-9-7-16(8-10-18)24(33)34)22(32)30-12-11-17(15-30)19-5-3-4-6-21(19)25(26,27)28/h3-10,14,17H,2,11-13,15H2,1H3,(H,33,34). The predicted octanol–water partition coefficient (Wildman–Crippen LogP) is 5.72. The van der Waals surface area contributed by atoms with Crippen LogP contribution < -0.4 is 0 Å². The number of thioether (sulfide) groups is 1. The molecule has 184 valence electrons. The SMILES string of the molecule is CCCSc1c(C(=O)N2CCC(c3ccccc3C(F)(F)F)C2)cnn1-c1ccc(C(=O)O)cc1. The number of halogens is 3. The van der Waals surface area contributed by atoms with E-state index in [1.165, 1.54) is 42.2 Å². The van der Waals surface area contributed by atoms with E-state index >= 15 is 0 Å². The molecular formula is C25H24F3N3O3S. The number of rotatable bonds is 7. The van der Waals surface area contributed by atoms with Crippen LogP contribution in [0, 0.1) is 0 Å². The Bertz CT molecular complexity index is 1220. The van der Waals surface area contributed by atoms with Crippen LogP contribution in [0.1, 0.15) is 57.5 Å². The van der Waals surface area contributed by atoms with Crippen LogP contribution in [0.5, 0.6) is 0 Å². The van der Waals surface area contributed by atoms with Gasteiger partial charge in [0.15, 0.2) is 0 Å². The second kappa shape index (κ2) is 10.2. The summed E-state index contributed by atoms with van der Waals surface area (Å²) in [7, 11) is 0. The van der Waals surface area contributed by atoms with Crippen molar-refractivity contribution in [3.05, 3.63) is 77.0 Å². The lowest BCUT2D eigenvalue weighted by molar-refractivity contribution is -0.138. The molecule has 1 atom stereocenters. The monoisotopic (exact) mass is 503 g/mol. The van der Waals surface area contributed by atoms with Crippen LogP contribution in [0.3, 0.4) is 0 Å². The lowest BCUT2D eigenvalue weighted by Crippen LogP contribution is -2.29. The molecule has 6 nitrogen and oxygen atoms in total. The van der Waals surface area contributed by atoms with E-state index in [9.17, 15) is 22.8 Å². The van der Waals surface area contributed by atoms with Crippen molar-refractivity contribution < 1.29 is 27.9 Å². The van der Waals surface area contributed by atoms with Gasteiger partial charge in [-0.3, -0.25) is 4.79 Å². The molecule has 1 aromatic heterocycles. The zero-order valence-electron chi connectivity index (χ0n) is 19.0. The van der Waals surface area contributed by atoms with Gasteiger partial charge in [0.1, 0.15) is 5.03 Å². The number of nitrogens with zero attached hydrogens (tertiary/aromatic N) is 3. The van der Waals surface area contributed by atoms with Gasteiger partial charge in [-0.15, -0.1) is 11.8 Å². The van der Waals surface area contributed by atoms with Crippen LogP contribution in [0.4, 0.5) is 13.2 Å². The molecule has 0 bridgehead atoms. The fourth-order valence-corrected chi connectivity index (χ4v) is 5.20. The fraction of sp³-hybridized carbons (Fsp3) is 0.320. The molecule has 1 unspecified atom stereocenters. The van der Waals surface area contributed by atoms with E-state index in [0.29, 0.717) is 29.2 Å². The molecule has 1 saturated heterocycles. The molecule has 4 rings (SSSR count). The van der Waals surface area contributed by atoms with Gasteiger partial charge in [-0.25, -0.2) is 9.48 Å². The molecule has 1 aliphatic heterocycles. The summed E-state index contributed by atoms with van der Waals surface area (Å²) in [5.41, 5.74) is 0.699. The molecule has 1 N–H and O–H groups in total. The number of carboxylic acids is 1. The molecule has 10 heteroatoms. The average Bonchev–Trinajstić information content (AvgIpc) is 3.49. The van der Waals surface area contributed by atoms with Crippen molar-refractivity contribution in [2.45, 2.75) is 36.9 Å². The number of benzene rings is 2. The van der Waals surface area contributed by atoms with Crippen LogP contribution in [0.15, 0.2) is 59.8 Å². The first kappa shape index (κ1) is 24.8. The molecule has 3 aromatic rings. The molecule has 1 aliphatic rings. The first-order valence-electron chi connectivity index (χ1n) is 11.2. The van der Waals surface area contributed by atoms with Crippen LogP contribution in [0.2, 0.25) is 0 Å². The van der Waals surface area contributed by atoms with Crippen molar-refractivity contribution in [3.8, 4) is 5.69 Å². The quantitative estimate of drug-likeness (QED) is 0.418. The summed E-state index contributed by atoms with van der Waals surface area (Å²) in [4.78, 5) is 26.2. The summed E-state index contributed by atoms with van der Waals surface area (Å²) in [5, 5.41) is 14.1. The molecular weight excluding hydrogens is 479 g/mol. The van der Waals surface area contributed by atoms with Gasteiger partial charge < -0.3 is 10.0 Å². The summed E-state index contributed by atoms with van der Waals surface area (Å²) >= 11 is 1.46. The highest BCUT2D eigenvalue weighted by Gasteiger charge is 2.38. The molecule has 0 spiro atoms. The van der Waals surface area contributed by atoms with Gasteiger partial charge >= 0.3 is 12.1 Å². The first-order valence-corrected chi connectivity index (χ1v) is 12.2. The number of carbonyl (C=O) groups excluding carboxylic acids is 1. The second-order valence-electron chi connectivity index (χ2n) is 8.30. The number of amides is 1. The number of hydrogen-bond acceptors (Lipinski definition) is 4. The van der Waals surface area contributed by atoms with E-state index < -0.39 is 23.6 Å². The van der Waals surface area contributed by atoms with Gasteiger partial charge in [-0.2, -0.15) is 18.3 Å². The van der Waals surface area contributed by atoms with E-state index in [2.05, 4.69) is 5.10 Å². The van der Waals surface area contributed by atoms with Gasteiger partial charge in [-0.1, -0.05) is 25.1 Å². The Morgan fingerprint density at radius 3 is 2.51 bits per heavy atom. The number of alkyl halides is 3. The zero-order valence-corrected chi connectivity index (χ0v) is 19.8. The van der Waals surface area contributed by atoms with Crippen molar-refractivity contribution in [2.75, 3.05) is 18.8 Å². The third-order valence-corrected chi connectivity index (χ3v) is 7.22. The third kappa shape index (κ3) is 5.22. The topological polar surface area (TPSA) is 75.4 Å². The molecule has 1 fully saturated rings. The molecule has 0 saturated carbocycles. The minimum atomic E-state index is -4.45. The first-order chi connectivity index (χ1) is 16.7. The number of aromatic carboxylic acids is 1. The summed E-state index contributed by atoms with van der Waals surface area (Å²) in [6.45, 7) is 2.56. The summed E-state index contributed by atoms with van der Waals surface area (Å²) < 4.78 is 42.1. The van der Waals surface area contributed by atoms with Gasteiger partial charge in [0.05, 0.1) is 28.6 Å². The van der Waals surface area contributed by atoms with Crippen LogP contribution >= 0.6 is 11.8 Å². The van der Waals surface area contributed by atoms with E-state index in [4.69, 9.17) is 5.11 Å². The average molecular weight is 504 g/mol. The highest BCUT2D eigenvalue weighted by Crippen LogP contribution is 2.39. The van der Waals surface area contributed by atoms with Crippen LogP contribution in [0.25, 0.3) is 5.69 Å². The lowest BCUT2D eigenvalue weighted by atomic mass is 9.93. The Morgan fingerprint density at radius 2 is 1.86 bits per heavy atom. The Kier molecular flexibility index (Phi) is 7.20. The number of likely N-dealkylation sites (tertiary alicyclic amines) is 1. The Labute approximate surface area is 204 Å². The third-order valence-electron chi connectivity index (χ3n) is 5.94. The van der Waals surface area contributed by atoms with E-state index in [-0.39, 0.29) is 23.6 Å². The van der Waals surface area contributed by atoms with Gasteiger partial charge in [0.25, 0.3) is 5.91 Å².